The highest BCUT2D eigenvalue weighted by Gasteiger charge is 2.32. The number of amides is 1. The first-order valence-electron chi connectivity index (χ1n) is 7.30. The van der Waals surface area contributed by atoms with Crippen molar-refractivity contribution in [1.29, 1.82) is 0 Å². The molecule has 1 saturated heterocycles. The molecule has 1 fully saturated rings. The van der Waals surface area contributed by atoms with Gasteiger partial charge in [-0.3, -0.25) is 4.48 Å². The van der Waals surface area contributed by atoms with Crippen LogP contribution in [0.3, 0.4) is 0 Å². The number of nitrogens with zero attached hydrogens (tertiary/aromatic N) is 1. The highest BCUT2D eigenvalue weighted by Crippen LogP contribution is 2.18. The number of quaternary nitrogens is 1. The Labute approximate surface area is 116 Å². The number of hydrogen-bond acceptors (Lipinski definition) is 1. The third-order valence-electron chi connectivity index (χ3n) is 4.04. The number of carbonyl (C=O) groups excluding carboxylic acids is 1. The Hall–Kier alpha value is -1.41. The highest BCUT2D eigenvalue weighted by molar-refractivity contribution is 5.69. The van der Waals surface area contributed by atoms with Gasteiger partial charge in [-0.1, -0.05) is 42.5 Å². The maximum absolute atomic E-state index is 12.3. The van der Waals surface area contributed by atoms with E-state index in [-0.39, 0.29) is 0 Å². The van der Waals surface area contributed by atoms with Gasteiger partial charge in [-0.2, -0.15) is 0 Å². The lowest BCUT2D eigenvalue weighted by molar-refractivity contribution is -0.840. The number of allylic oxidation sites excluding steroid dienone is 1. The molecule has 0 radical (unpaired) electrons. The molecule has 1 aliphatic heterocycles. The number of benzene rings is 1. The summed E-state index contributed by atoms with van der Waals surface area (Å²) in [5, 5.41) is 0. The van der Waals surface area contributed by atoms with E-state index in [1.165, 1.54) is 24.8 Å². The fourth-order valence-corrected chi connectivity index (χ4v) is 2.72. The fourth-order valence-electron chi connectivity index (χ4n) is 2.72. The number of rotatable bonds is 4. The lowest BCUT2D eigenvalue weighted by Crippen LogP contribution is -2.52. The topological polar surface area (TPSA) is 17.1 Å². The van der Waals surface area contributed by atoms with Gasteiger partial charge >= 0.3 is 5.91 Å². The van der Waals surface area contributed by atoms with Gasteiger partial charge in [0.25, 0.3) is 0 Å². The van der Waals surface area contributed by atoms with Crippen LogP contribution in [0.1, 0.15) is 37.7 Å². The molecule has 1 aromatic rings. The van der Waals surface area contributed by atoms with Crippen molar-refractivity contribution in [2.75, 3.05) is 20.1 Å². The summed E-state index contributed by atoms with van der Waals surface area (Å²) in [6.45, 7) is 2.06. The van der Waals surface area contributed by atoms with E-state index in [4.69, 9.17) is 0 Å². The van der Waals surface area contributed by atoms with E-state index in [1.807, 2.05) is 18.2 Å². The molecular formula is C17H24NO+. The molecule has 1 aromatic carbocycles. The lowest BCUT2D eigenvalue weighted by Gasteiger charge is -2.34. The molecule has 0 atom stereocenters. The smallest absolute Gasteiger partial charge is 0.263 e. The van der Waals surface area contributed by atoms with E-state index in [2.05, 4.69) is 31.3 Å². The summed E-state index contributed by atoms with van der Waals surface area (Å²) in [7, 11) is 2.10. The van der Waals surface area contributed by atoms with Crippen molar-refractivity contribution in [3.05, 3.63) is 42.0 Å². The molecule has 102 valence electrons. The summed E-state index contributed by atoms with van der Waals surface area (Å²) in [4.78, 5) is 12.3. The SMILES string of the molecule is C[N+]1(C(=O)CC/C=C/c2ccccc2)CCCCC1. The Kier molecular flexibility index (Phi) is 4.92. The molecule has 1 heterocycles. The van der Waals surface area contributed by atoms with Crippen molar-refractivity contribution in [3.63, 3.8) is 0 Å². The largest absolute Gasteiger partial charge is 0.313 e. The molecule has 0 unspecified atom stereocenters. The normalized spacial score (nSPS) is 18.6. The first kappa shape index (κ1) is 14.0. The van der Waals surface area contributed by atoms with Gasteiger partial charge < -0.3 is 0 Å². The standard InChI is InChI=1S/C17H24NO/c1-18(14-8-3-9-15-18)17(19)13-7-6-12-16-10-4-2-5-11-16/h2,4-6,10-12H,3,7-9,13-15H2,1H3/q+1/b12-6+. The number of piperidine rings is 1. The molecule has 2 rings (SSSR count). The Morgan fingerprint density at radius 1 is 1.16 bits per heavy atom. The first-order chi connectivity index (χ1) is 9.21. The van der Waals surface area contributed by atoms with Crippen molar-refractivity contribution >= 4 is 12.0 Å². The summed E-state index contributed by atoms with van der Waals surface area (Å²) in [5.41, 5.74) is 1.20. The van der Waals surface area contributed by atoms with Gasteiger partial charge in [-0.05, 0) is 31.2 Å². The van der Waals surface area contributed by atoms with Crippen LogP contribution in [0.5, 0.6) is 0 Å². The molecule has 1 aliphatic rings. The molecule has 0 saturated carbocycles. The second-order valence-corrected chi connectivity index (χ2v) is 5.65. The molecule has 0 N–H and O–H groups in total. The number of likely N-dealkylation sites (tertiary alicyclic amines) is 1. The summed E-state index contributed by atoms with van der Waals surface area (Å²) in [6.07, 6.45) is 9.41. The second-order valence-electron chi connectivity index (χ2n) is 5.65. The van der Waals surface area contributed by atoms with E-state index >= 15 is 0 Å². The third-order valence-corrected chi connectivity index (χ3v) is 4.04. The van der Waals surface area contributed by atoms with Gasteiger partial charge in [0.2, 0.25) is 0 Å². The first-order valence-corrected chi connectivity index (χ1v) is 7.30. The van der Waals surface area contributed by atoms with E-state index in [0.717, 1.165) is 19.5 Å². The Morgan fingerprint density at radius 3 is 2.53 bits per heavy atom. The van der Waals surface area contributed by atoms with Crippen molar-refractivity contribution in [2.45, 2.75) is 32.1 Å². The maximum atomic E-state index is 12.3. The molecule has 0 aliphatic carbocycles. The minimum absolute atomic E-state index is 0.400. The van der Waals surface area contributed by atoms with E-state index < -0.39 is 0 Å². The summed E-state index contributed by atoms with van der Waals surface area (Å²) < 4.78 is 0.652. The predicted octanol–water partition coefficient (Wildman–Crippen LogP) is 3.64. The second kappa shape index (κ2) is 6.67. The molecule has 0 spiro atoms. The number of carbonyl (C=O) groups is 1. The van der Waals surface area contributed by atoms with Gasteiger partial charge in [-0.15, -0.1) is 0 Å². The molecule has 1 amide bonds. The average molecular weight is 258 g/mol. The van der Waals surface area contributed by atoms with E-state index in [0.29, 0.717) is 16.8 Å². The average Bonchev–Trinajstić information content (AvgIpc) is 2.45. The monoisotopic (exact) mass is 258 g/mol. The van der Waals surface area contributed by atoms with Crippen molar-refractivity contribution < 1.29 is 9.28 Å². The van der Waals surface area contributed by atoms with Crippen LogP contribution in [-0.2, 0) is 4.79 Å². The third kappa shape index (κ3) is 4.03. The fraction of sp³-hybridized carbons (Fsp3) is 0.471. The highest BCUT2D eigenvalue weighted by atomic mass is 16.2. The Morgan fingerprint density at radius 2 is 1.84 bits per heavy atom. The van der Waals surface area contributed by atoms with Crippen LogP contribution in [0.4, 0.5) is 0 Å². The van der Waals surface area contributed by atoms with E-state index in [1.54, 1.807) is 0 Å². The Bertz CT molecular complexity index is 430. The van der Waals surface area contributed by atoms with Gasteiger partial charge in [0.05, 0.1) is 26.6 Å². The van der Waals surface area contributed by atoms with Crippen LogP contribution in [0, 0.1) is 0 Å². The zero-order chi connectivity index (χ0) is 13.6. The summed E-state index contributed by atoms with van der Waals surface area (Å²) in [6, 6.07) is 10.2. The summed E-state index contributed by atoms with van der Waals surface area (Å²) >= 11 is 0. The molecular weight excluding hydrogens is 234 g/mol. The molecule has 0 bridgehead atoms. The molecule has 0 aromatic heterocycles. The van der Waals surface area contributed by atoms with Gasteiger partial charge in [-0.25, -0.2) is 4.79 Å². The van der Waals surface area contributed by atoms with Crippen LogP contribution >= 0.6 is 0 Å². The molecule has 2 heteroatoms. The zero-order valence-corrected chi connectivity index (χ0v) is 11.8. The van der Waals surface area contributed by atoms with Crippen LogP contribution in [0.25, 0.3) is 6.08 Å². The molecule has 19 heavy (non-hydrogen) atoms. The summed E-state index contributed by atoms with van der Waals surface area (Å²) in [5.74, 6) is 0.400. The van der Waals surface area contributed by atoms with Crippen LogP contribution in [0.2, 0.25) is 0 Å². The maximum Gasteiger partial charge on any atom is 0.313 e. The van der Waals surface area contributed by atoms with Crippen molar-refractivity contribution in [3.8, 4) is 0 Å². The van der Waals surface area contributed by atoms with Gasteiger partial charge in [0, 0.05) is 0 Å². The predicted molar refractivity (Wildman–Crippen MR) is 79.5 cm³/mol. The van der Waals surface area contributed by atoms with Gasteiger partial charge in [0.15, 0.2) is 0 Å². The van der Waals surface area contributed by atoms with Crippen LogP contribution in [-0.4, -0.2) is 30.5 Å². The quantitative estimate of drug-likeness (QED) is 0.754. The zero-order valence-electron chi connectivity index (χ0n) is 11.8. The minimum atomic E-state index is 0.400. The van der Waals surface area contributed by atoms with Crippen molar-refractivity contribution in [1.82, 2.24) is 0 Å². The minimum Gasteiger partial charge on any atom is -0.263 e. The lowest BCUT2D eigenvalue weighted by atomic mass is 10.1. The molecule has 2 nitrogen and oxygen atoms in total. The number of hydrogen-bond donors (Lipinski definition) is 0. The van der Waals surface area contributed by atoms with E-state index in [9.17, 15) is 4.79 Å². The Balaban J connectivity index is 1.79. The van der Waals surface area contributed by atoms with Crippen LogP contribution in [0.15, 0.2) is 36.4 Å². The van der Waals surface area contributed by atoms with Crippen LogP contribution < -0.4 is 0 Å². The van der Waals surface area contributed by atoms with Gasteiger partial charge in [0.1, 0.15) is 0 Å². The van der Waals surface area contributed by atoms with Crippen molar-refractivity contribution in [2.24, 2.45) is 0 Å².